The highest BCUT2D eigenvalue weighted by molar-refractivity contribution is 6.61. The van der Waals surface area contributed by atoms with Crippen LogP contribution in [0, 0.1) is 0 Å². The smallest absolute Gasteiger partial charge is 0.501 e. The molecular formula is C16H28O3Si. The molecular weight excluding hydrogens is 268 g/mol. The molecule has 1 aromatic rings. The summed E-state index contributed by atoms with van der Waals surface area (Å²) in [6, 6.07) is 10.7. The number of hydrogen-bond acceptors (Lipinski definition) is 3. The first-order valence-electron chi connectivity index (χ1n) is 7.60. The molecule has 114 valence electrons. The molecule has 0 radical (unpaired) electrons. The van der Waals surface area contributed by atoms with Gasteiger partial charge in [-0.25, -0.2) is 0 Å². The molecule has 0 atom stereocenters. The van der Waals surface area contributed by atoms with E-state index in [0.717, 1.165) is 18.2 Å². The summed E-state index contributed by atoms with van der Waals surface area (Å²) in [7, 11) is 0.828. The van der Waals surface area contributed by atoms with Crippen molar-refractivity contribution in [2.75, 3.05) is 14.2 Å². The standard InChI is InChI=1S/C16H28O3Si/c1-4-5-6-7-8-12-15-20(17-2,18-3)19-16-13-10-9-11-14-16/h9-11,13-14H,4-8,12,15H2,1-3H3. The number of benzene rings is 1. The third kappa shape index (κ3) is 6.07. The molecule has 0 heterocycles. The van der Waals surface area contributed by atoms with Gasteiger partial charge in [-0.3, -0.25) is 0 Å². The third-order valence-corrected chi connectivity index (χ3v) is 6.23. The van der Waals surface area contributed by atoms with Crippen molar-refractivity contribution in [2.24, 2.45) is 0 Å². The molecule has 1 aromatic carbocycles. The van der Waals surface area contributed by atoms with Crippen molar-refractivity contribution >= 4 is 8.80 Å². The topological polar surface area (TPSA) is 27.7 Å². The molecule has 0 aliphatic carbocycles. The second-order valence-electron chi connectivity index (χ2n) is 5.02. The lowest BCUT2D eigenvalue weighted by molar-refractivity contribution is 0.159. The average Bonchev–Trinajstić information content (AvgIpc) is 2.50. The SMILES string of the molecule is CCCCCCCC[Si](OC)(OC)Oc1ccccc1. The van der Waals surface area contributed by atoms with E-state index in [4.69, 9.17) is 13.3 Å². The van der Waals surface area contributed by atoms with Crippen molar-refractivity contribution in [1.82, 2.24) is 0 Å². The number of para-hydroxylation sites is 1. The summed E-state index contributed by atoms with van der Waals surface area (Å²) >= 11 is 0. The molecule has 4 heteroatoms. The van der Waals surface area contributed by atoms with E-state index >= 15 is 0 Å². The predicted molar refractivity (Wildman–Crippen MR) is 85.0 cm³/mol. The van der Waals surface area contributed by atoms with E-state index in [1.165, 1.54) is 32.1 Å². The van der Waals surface area contributed by atoms with E-state index in [9.17, 15) is 0 Å². The van der Waals surface area contributed by atoms with Gasteiger partial charge in [0.15, 0.2) is 0 Å². The van der Waals surface area contributed by atoms with E-state index in [0.29, 0.717) is 0 Å². The Labute approximate surface area is 124 Å². The minimum Gasteiger partial charge on any atom is -0.501 e. The molecule has 0 aromatic heterocycles. The van der Waals surface area contributed by atoms with Crippen molar-refractivity contribution in [1.29, 1.82) is 0 Å². The molecule has 0 saturated carbocycles. The summed E-state index contributed by atoms with van der Waals surface area (Å²) in [5.41, 5.74) is 0. The maximum atomic E-state index is 6.02. The van der Waals surface area contributed by atoms with Crippen LogP contribution in [0.4, 0.5) is 0 Å². The van der Waals surface area contributed by atoms with Crippen LogP contribution in [0.1, 0.15) is 45.4 Å². The van der Waals surface area contributed by atoms with Crippen molar-refractivity contribution in [3.05, 3.63) is 30.3 Å². The Hall–Kier alpha value is -0.843. The van der Waals surface area contributed by atoms with Crippen LogP contribution >= 0.6 is 0 Å². The Morgan fingerprint density at radius 1 is 0.850 bits per heavy atom. The molecule has 0 amide bonds. The summed E-state index contributed by atoms with van der Waals surface area (Å²) in [4.78, 5) is 0. The first-order valence-corrected chi connectivity index (χ1v) is 9.54. The van der Waals surface area contributed by atoms with Crippen LogP contribution in [0.2, 0.25) is 6.04 Å². The fourth-order valence-electron chi connectivity index (χ4n) is 2.21. The Kier molecular flexibility index (Phi) is 8.58. The summed E-state index contributed by atoms with van der Waals surface area (Å²) in [5.74, 6) is 0.828. The Balaban J connectivity index is 2.41. The van der Waals surface area contributed by atoms with Crippen LogP contribution < -0.4 is 4.43 Å². The summed E-state index contributed by atoms with van der Waals surface area (Å²) in [6.45, 7) is 2.24. The largest absolute Gasteiger partial charge is 0.565 e. The molecule has 0 saturated heterocycles. The van der Waals surface area contributed by atoms with Gasteiger partial charge in [0.1, 0.15) is 5.75 Å². The zero-order valence-corrected chi connectivity index (χ0v) is 14.1. The van der Waals surface area contributed by atoms with Crippen LogP contribution in [0.3, 0.4) is 0 Å². The lowest BCUT2D eigenvalue weighted by Crippen LogP contribution is -2.46. The van der Waals surface area contributed by atoms with Crippen LogP contribution in [0.5, 0.6) is 5.75 Å². The van der Waals surface area contributed by atoms with Crippen molar-refractivity contribution < 1.29 is 13.3 Å². The third-order valence-electron chi connectivity index (χ3n) is 3.48. The van der Waals surface area contributed by atoms with Gasteiger partial charge in [0.25, 0.3) is 0 Å². The van der Waals surface area contributed by atoms with Gasteiger partial charge in [-0.2, -0.15) is 0 Å². The zero-order valence-electron chi connectivity index (χ0n) is 13.1. The highest BCUT2D eigenvalue weighted by Crippen LogP contribution is 2.22. The molecule has 0 aliphatic heterocycles. The minimum atomic E-state index is -2.55. The number of hydrogen-bond donors (Lipinski definition) is 0. The van der Waals surface area contributed by atoms with E-state index in [1.807, 2.05) is 30.3 Å². The lowest BCUT2D eigenvalue weighted by atomic mass is 10.1. The number of unbranched alkanes of at least 4 members (excludes halogenated alkanes) is 5. The fourth-order valence-corrected chi connectivity index (χ4v) is 4.23. The maximum absolute atomic E-state index is 6.02. The first kappa shape index (κ1) is 17.2. The van der Waals surface area contributed by atoms with Gasteiger partial charge in [-0.1, -0.05) is 57.2 Å². The summed E-state index contributed by atoms with van der Waals surface area (Å²) in [6.07, 6.45) is 7.55. The molecule has 1 rings (SSSR count). The van der Waals surface area contributed by atoms with Crippen molar-refractivity contribution in [3.63, 3.8) is 0 Å². The van der Waals surface area contributed by atoms with Gasteiger partial charge in [-0.15, -0.1) is 0 Å². The van der Waals surface area contributed by atoms with Gasteiger partial charge >= 0.3 is 8.80 Å². The van der Waals surface area contributed by atoms with Gasteiger partial charge in [0, 0.05) is 20.3 Å². The Morgan fingerprint density at radius 3 is 2.05 bits per heavy atom. The van der Waals surface area contributed by atoms with Crippen LogP contribution in [0.25, 0.3) is 0 Å². The highest BCUT2D eigenvalue weighted by atomic mass is 28.4. The second-order valence-corrected chi connectivity index (χ2v) is 7.91. The quantitative estimate of drug-likeness (QED) is 0.439. The number of rotatable bonds is 11. The maximum Gasteiger partial charge on any atom is 0.565 e. The molecule has 3 nitrogen and oxygen atoms in total. The summed E-state index contributed by atoms with van der Waals surface area (Å²) in [5, 5.41) is 0. The van der Waals surface area contributed by atoms with Gasteiger partial charge in [-0.05, 0) is 18.6 Å². The van der Waals surface area contributed by atoms with Crippen LogP contribution in [0.15, 0.2) is 30.3 Å². The monoisotopic (exact) mass is 296 g/mol. The molecule has 0 spiro atoms. The second kappa shape index (κ2) is 9.97. The van der Waals surface area contributed by atoms with E-state index < -0.39 is 8.80 Å². The average molecular weight is 296 g/mol. The van der Waals surface area contributed by atoms with Crippen molar-refractivity contribution in [3.8, 4) is 5.75 Å². The van der Waals surface area contributed by atoms with Crippen molar-refractivity contribution in [2.45, 2.75) is 51.5 Å². The summed E-state index contributed by atoms with van der Waals surface area (Å²) < 4.78 is 17.2. The van der Waals surface area contributed by atoms with E-state index in [-0.39, 0.29) is 0 Å². The van der Waals surface area contributed by atoms with E-state index in [2.05, 4.69) is 6.92 Å². The van der Waals surface area contributed by atoms with Gasteiger partial charge in [0.05, 0.1) is 0 Å². The molecule has 0 N–H and O–H groups in total. The molecule has 20 heavy (non-hydrogen) atoms. The first-order chi connectivity index (χ1) is 9.76. The Bertz CT molecular complexity index is 339. The van der Waals surface area contributed by atoms with Crippen LogP contribution in [-0.4, -0.2) is 23.0 Å². The molecule has 0 bridgehead atoms. The fraction of sp³-hybridized carbons (Fsp3) is 0.625. The van der Waals surface area contributed by atoms with Crippen LogP contribution in [-0.2, 0) is 8.85 Å². The molecule has 0 aliphatic rings. The zero-order chi connectivity index (χ0) is 14.7. The minimum absolute atomic E-state index is 0.828. The predicted octanol–water partition coefficient (Wildman–Crippen LogP) is 4.66. The Morgan fingerprint density at radius 2 is 1.45 bits per heavy atom. The normalized spacial score (nSPS) is 11.6. The lowest BCUT2D eigenvalue weighted by Gasteiger charge is -2.26. The highest BCUT2D eigenvalue weighted by Gasteiger charge is 2.40. The molecule has 0 fully saturated rings. The van der Waals surface area contributed by atoms with Gasteiger partial charge in [0.2, 0.25) is 0 Å². The van der Waals surface area contributed by atoms with E-state index in [1.54, 1.807) is 14.2 Å². The molecule has 0 unspecified atom stereocenters. The van der Waals surface area contributed by atoms with Gasteiger partial charge < -0.3 is 13.3 Å².